The van der Waals surface area contributed by atoms with Gasteiger partial charge in [-0.15, -0.1) is 0 Å². The summed E-state index contributed by atoms with van der Waals surface area (Å²) in [5, 5.41) is 1.60. The molecule has 1 atom stereocenters. The number of nitrogens with zero attached hydrogens (tertiary/aromatic N) is 3. The molecule has 0 radical (unpaired) electrons. The van der Waals surface area contributed by atoms with Crippen molar-refractivity contribution in [2.24, 2.45) is 11.7 Å². The topological polar surface area (TPSA) is 94.5 Å². The van der Waals surface area contributed by atoms with Gasteiger partial charge in [0, 0.05) is 36.3 Å². The highest BCUT2D eigenvalue weighted by Gasteiger charge is 2.24. The fourth-order valence-electron chi connectivity index (χ4n) is 3.82. The highest BCUT2D eigenvalue weighted by Crippen LogP contribution is 2.33. The molecule has 1 saturated heterocycles. The molecule has 1 fully saturated rings. The van der Waals surface area contributed by atoms with Crippen molar-refractivity contribution in [3.63, 3.8) is 0 Å². The quantitative estimate of drug-likeness (QED) is 0.538. The molecule has 5 rings (SSSR count). The van der Waals surface area contributed by atoms with Crippen molar-refractivity contribution in [2.75, 3.05) is 13.1 Å². The third-order valence-corrected chi connectivity index (χ3v) is 6.17. The number of furan rings is 1. The zero-order valence-corrected chi connectivity index (χ0v) is 16.5. The van der Waals surface area contributed by atoms with E-state index in [2.05, 4.69) is 14.9 Å². The first-order valence-corrected chi connectivity index (χ1v) is 10.4. The lowest BCUT2D eigenvalue weighted by atomic mass is 9.97. The van der Waals surface area contributed by atoms with Crippen molar-refractivity contribution >= 4 is 38.6 Å². The van der Waals surface area contributed by atoms with Crippen molar-refractivity contribution in [2.45, 2.75) is 19.4 Å². The summed E-state index contributed by atoms with van der Waals surface area (Å²) in [6.45, 7) is 2.40. The Balaban J connectivity index is 1.33. The van der Waals surface area contributed by atoms with E-state index in [1.54, 1.807) is 12.5 Å². The first kappa shape index (κ1) is 18.1. The van der Waals surface area contributed by atoms with Gasteiger partial charge in [0.05, 0.1) is 16.9 Å². The van der Waals surface area contributed by atoms with Crippen molar-refractivity contribution in [3.8, 4) is 10.9 Å². The number of thiazole rings is 1. The number of nitrogens with two attached hydrogens (primary N) is 1. The monoisotopic (exact) mass is 408 g/mol. The van der Waals surface area contributed by atoms with Crippen LogP contribution in [0.3, 0.4) is 0 Å². The number of piperidine rings is 1. The maximum absolute atomic E-state index is 11.5. The van der Waals surface area contributed by atoms with E-state index in [4.69, 9.17) is 14.9 Å². The Bertz CT molecular complexity index is 1150. The van der Waals surface area contributed by atoms with E-state index in [1.165, 1.54) is 11.3 Å². The number of carbonyl (C=O) groups excluding carboxylic acids is 1. The number of likely N-dealkylation sites (tertiary alicyclic amines) is 1. The van der Waals surface area contributed by atoms with Gasteiger partial charge in [-0.05, 0) is 43.7 Å². The van der Waals surface area contributed by atoms with Crippen LogP contribution in [0, 0.1) is 5.92 Å². The predicted octanol–water partition coefficient (Wildman–Crippen LogP) is 3.93. The largest absolute Gasteiger partial charge is 0.464 e. The highest BCUT2D eigenvalue weighted by molar-refractivity contribution is 7.20. The Labute approximate surface area is 171 Å². The van der Waals surface area contributed by atoms with Gasteiger partial charge in [0.25, 0.3) is 5.19 Å². The molecule has 1 aliphatic rings. The number of primary amides is 1. The zero-order chi connectivity index (χ0) is 19.8. The normalized spacial score (nSPS) is 17.7. The van der Waals surface area contributed by atoms with Crippen LogP contribution in [0.25, 0.3) is 21.3 Å². The molecular weight excluding hydrogens is 388 g/mol. The van der Waals surface area contributed by atoms with Gasteiger partial charge in [0.1, 0.15) is 11.3 Å². The second-order valence-corrected chi connectivity index (χ2v) is 8.30. The number of ether oxygens (including phenoxy) is 1. The minimum absolute atomic E-state index is 0.0646. The number of aromatic nitrogens is 2. The van der Waals surface area contributed by atoms with Crippen molar-refractivity contribution in [1.29, 1.82) is 0 Å². The minimum Gasteiger partial charge on any atom is -0.464 e. The molecule has 0 unspecified atom stereocenters. The summed E-state index contributed by atoms with van der Waals surface area (Å²) in [5.41, 5.74) is 8.04. The minimum atomic E-state index is -0.210. The summed E-state index contributed by atoms with van der Waals surface area (Å²) in [5.74, 6) is 0.396. The van der Waals surface area contributed by atoms with Crippen LogP contribution in [0.1, 0.15) is 18.4 Å². The summed E-state index contributed by atoms with van der Waals surface area (Å²) in [6.07, 6.45) is 5.36. The Morgan fingerprint density at radius 1 is 1.38 bits per heavy atom. The summed E-state index contributed by atoms with van der Waals surface area (Å²) in [7, 11) is 0. The van der Waals surface area contributed by atoms with E-state index in [0.29, 0.717) is 23.1 Å². The summed E-state index contributed by atoms with van der Waals surface area (Å²) in [6, 6.07) is 9.65. The van der Waals surface area contributed by atoms with Crippen molar-refractivity contribution in [1.82, 2.24) is 14.9 Å². The van der Waals surface area contributed by atoms with Crippen molar-refractivity contribution < 1.29 is 13.9 Å². The number of hydrogen-bond donors (Lipinski definition) is 1. The number of benzene rings is 1. The smallest absolute Gasteiger partial charge is 0.281 e. The van der Waals surface area contributed by atoms with Crippen LogP contribution in [0.5, 0.6) is 10.9 Å². The van der Waals surface area contributed by atoms with Crippen LogP contribution >= 0.6 is 11.3 Å². The number of fused-ring (bicyclic) bond motifs is 2. The molecule has 0 spiro atoms. The van der Waals surface area contributed by atoms with Gasteiger partial charge in [0.15, 0.2) is 5.65 Å². The first-order chi connectivity index (χ1) is 14.2. The number of pyridine rings is 1. The van der Waals surface area contributed by atoms with E-state index >= 15 is 0 Å². The lowest BCUT2D eigenvalue weighted by Gasteiger charge is -2.30. The van der Waals surface area contributed by atoms with Gasteiger partial charge in [0.2, 0.25) is 5.91 Å². The highest BCUT2D eigenvalue weighted by atomic mass is 32.1. The second-order valence-electron chi connectivity index (χ2n) is 7.30. The number of hydrogen-bond acceptors (Lipinski definition) is 7. The van der Waals surface area contributed by atoms with Gasteiger partial charge >= 0.3 is 0 Å². The lowest BCUT2D eigenvalue weighted by Crippen LogP contribution is -2.40. The molecule has 1 aliphatic heterocycles. The molecule has 29 heavy (non-hydrogen) atoms. The Hall–Kier alpha value is -2.97. The van der Waals surface area contributed by atoms with Gasteiger partial charge in [-0.2, -0.15) is 4.98 Å². The third-order valence-electron chi connectivity index (χ3n) is 5.28. The van der Waals surface area contributed by atoms with Crippen LogP contribution in [0.15, 0.2) is 47.2 Å². The average Bonchev–Trinajstić information content (AvgIpc) is 3.31. The van der Waals surface area contributed by atoms with Gasteiger partial charge < -0.3 is 14.9 Å². The molecule has 4 heterocycles. The van der Waals surface area contributed by atoms with Gasteiger partial charge in [-0.1, -0.05) is 11.3 Å². The Kier molecular flexibility index (Phi) is 4.65. The SMILES string of the molecule is NC(=O)[C@@H]1CCCN(Cc2coc3cc(Oc4nc5ncccc5s4)ccc23)C1. The maximum atomic E-state index is 11.5. The third kappa shape index (κ3) is 3.68. The fourth-order valence-corrected chi connectivity index (χ4v) is 4.61. The van der Waals surface area contributed by atoms with Crippen LogP contribution in [0.2, 0.25) is 0 Å². The summed E-state index contributed by atoms with van der Waals surface area (Å²) >= 11 is 1.46. The lowest BCUT2D eigenvalue weighted by molar-refractivity contribution is -0.123. The predicted molar refractivity (Wildman–Crippen MR) is 111 cm³/mol. The standard InChI is InChI=1S/C21H20N4O3S/c22-19(26)13-3-2-8-25(10-13)11-14-12-27-17-9-15(5-6-16(14)17)28-21-24-20-18(29-21)4-1-7-23-20/h1,4-7,9,12-13H,2-3,8,10-11H2,(H2,22,26)/t13-/m1/s1. The van der Waals surface area contributed by atoms with E-state index in [1.807, 2.05) is 30.3 Å². The molecule has 0 aliphatic carbocycles. The number of rotatable bonds is 5. The Morgan fingerprint density at radius 3 is 3.17 bits per heavy atom. The zero-order valence-electron chi connectivity index (χ0n) is 15.7. The molecule has 0 bridgehead atoms. The molecule has 4 aromatic rings. The maximum Gasteiger partial charge on any atom is 0.281 e. The number of amides is 1. The van der Waals surface area contributed by atoms with Crippen molar-refractivity contribution in [3.05, 3.63) is 48.4 Å². The molecule has 1 aromatic carbocycles. The molecule has 1 amide bonds. The molecule has 148 valence electrons. The van der Waals surface area contributed by atoms with Gasteiger partial charge in [-0.25, -0.2) is 4.98 Å². The molecular formula is C21H20N4O3S. The van der Waals surface area contributed by atoms with E-state index in [9.17, 15) is 4.79 Å². The van der Waals surface area contributed by atoms with E-state index < -0.39 is 0 Å². The van der Waals surface area contributed by atoms with Crippen LogP contribution in [0.4, 0.5) is 0 Å². The van der Waals surface area contributed by atoms with E-state index in [-0.39, 0.29) is 11.8 Å². The van der Waals surface area contributed by atoms with Crippen LogP contribution < -0.4 is 10.5 Å². The molecule has 3 aromatic heterocycles. The summed E-state index contributed by atoms with van der Waals surface area (Å²) < 4.78 is 12.7. The summed E-state index contributed by atoms with van der Waals surface area (Å²) in [4.78, 5) is 22.4. The van der Waals surface area contributed by atoms with Crippen LogP contribution in [-0.2, 0) is 11.3 Å². The number of carbonyl (C=O) groups is 1. The Morgan fingerprint density at radius 2 is 2.31 bits per heavy atom. The molecule has 8 heteroatoms. The second kappa shape index (κ2) is 7.46. The average molecular weight is 408 g/mol. The molecule has 2 N–H and O–H groups in total. The van der Waals surface area contributed by atoms with Gasteiger partial charge in [-0.3, -0.25) is 9.69 Å². The molecule has 7 nitrogen and oxygen atoms in total. The fraction of sp³-hybridized carbons (Fsp3) is 0.286. The molecule has 0 saturated carbocycles. The first-order valence-electron chi connectivity index (χ1n) is 9.57. The van der Waals surface area contributed by atoms with E-state index in [0.717, 1.165) is 47.2 Å². The van der Waals surface area contributed by atoms with Crippen LogP contribution in [-0.4, -0.2) is 33.9 Å².